The van der Waals surface area contributed by atoms with Gasteiger partial charge < -0.3 is 0 Å². The molecule has 0 unspecified atom stereocenters. The molecule has 8 heteroatoms. The number of aryl methyl sites for hydroxylation is 2. The maximum Gasteiger partial charge on any atom is 0.243 e. The van der Waals surface area contributed by atoms with Gasteiger partial charge in [0.05, 0.1) is 20.6 Å². The second-order valence-electron chi connectivity index (χ2n) is 4.75. The Morgan fingerprint density at radius 2 is 1.90 bits per heavy atom. The average molecular weight is 348 g/mol. The van der Waals surface area contributed by atoms with Gasteiger partial charge in [0.2, 0.25) is 10.0 Å². The highest BCUT2D eigenvalue weighted by molar-refractivity contribution is 7.89. The maximum absolute atomic E-state index is 12.5. The van der Waals surface area contributed by atoms with Crippen LogP contribution in [0.4, 0.5) is 0 Å². The van der Waals surface area contributed by atoms with Gasteiger partial charge in [-0.1, -0.05) is 23.2 Å². The Bertz CT molecular complexity index is 752. The van der Waals surface area contributed by atoms with Crippen LogP contribution >= 0.6 is 23.2 Å². The molecule has 0 radical (unpaired) electrons. The lowest BCUT2D eigenvalue weighted by Gasteiger charge is -2.17. The molecule has 0 bridgehead atoms. The summed E-state index contributed by atoms with van der Waals surface area (Å²) < 4.78 is 26.3. The van der Waals surface area contributed by atoms with Crippen LogP contribution in [0.1, 0.15) is 17.0 Å². The molecular formula is C13H15Cl2N3O2S. The third kappa shape index (κ3) is 3.23. The fourth-order valence-corrected chi connectivity index (χ4v) is 3.46. The van der Waals surface area contributed by atoms with E-state index in [4.69, 9.17) is 23.2 Å². The van der Waals surface area contributed by atoms with Crippen LogP contribution in [0, 0.1) is 13.8 Å². The maximum atomic E-state index is 12.5. The number of H-pyrrole nitrogens is 1. The van der Waals surface area contributed by atoms with Crippen molar-refractivity contribution < 1.29 is 8.42 Å². The van der Waals surface area contributed by atoms with Crippen LogP contribution in [0.25, 0.3) is 0 Å². The van der Waals surface area contributed by atoms with E-state index in [1.54, 1.807) is 0 Å². The first-order valence-corrected chi connectivity index (χ1v) is 8.35. The van der Waals surface area contributed by atoms with Gasteiger partial charge >= 0.3 is 0 Å². The summed E-state index contributed by atoms with van der Waals surface area (Å²) in [6, 6.07) is 4.26. The van der Waals surface area contributed by atoms with Crippen molar-refractivity contribution in [1.82, 2.24) is 14.5 Å². The molecule has 1 aromatic carbocycles. The minimum atomic E-state index is -3.64. The number of rotatable bonds is 4. The molecule has 0 atom stereocenters. The van der Waals surface area contributed by atoms with Crippen LogP contribution < -0.4 is 0 Å². The van der Waals surface area contributed by atoms with Crippen molar-refractivity contribution in [2.45, 2.75) is 25.3 Å². The number of benzene rings is 1. The van der Waals surface area contributed by atoms with Crippen LogP contribution in [0.15, 0.2) is 23.1 Å². The molecule has 0 aliphatic carbocycles. The van der Waals surface area contributed by atoms with Gasteiger partial charge in [0.25, 0.3) is 0 Å². The Morgan fingerprint density at radius 1 is 1.24 bits per heavy atom. The molecule has 0 saturated heterocycles. The summed E-state index contributed by atoms with van der Waals surface area (Å²) in [5.41, 5.74) is 2.49. The zero-order chi connectivity index (χ0) is 15.8. The number of hydrogen-bond donors (Lipinski definition) is 1. The molecule has 5 nitrogen and oxygen atoms in total. The molecular weight excluding hydrogens is 333 g/mol. The predicted octanol–water partition coefficient (Wildman–Crippen LogP) is 3.15. The Balaban J connectivity index is 2.32. The van der Waals surface area contributed by atoms with Crippen molar-refractivity contribution >= 4 is 33.2 Å². The smallest absolute Gasteiger partial charge is 0.243 e. The highest BCUT2D eigenvalue weighted by Gasteiger charge is 2.23. The van der Waals surface area contributed by atoms with E-state index in [0.717, 1.165) is 17.0 Å². The topological polar surface area (TPSA) is 66.1 Å². The Kier molecular flexibility index (Phi) is 4.63. The molecule has 0 aliphatic rings. The molecule has 1 aromatic heterocycles. The zero-order valence-electron chi connectivity index (χ0n) is 11.8. The number of hydrogen-bond acceptors (Lipinski definition) is 3. The Hall–Kier alpha value is -1.08. The highest BCUT2D eigenvalue weighted by atomic mass is 35.5. The van der Waals surface area contributed by atoms with E-state index < -0.39 is 10.0 Å². The summed E-state index contributed by atoms with van der Waals surface area (Å²) in [6.07, 6.45) is 0. The van der Waals surface area contributed by atoms with Crippen molar-refractivity contribution in [3.05, 3.63) is 45.2 Å². The monoisotopic (exact) mass is 347 g/mol. The van der Waals surface area contributed by atoms with Crippen molar-refractivity contribution in [2.24, 2.45) is 0 Å². The summed E-state index contributed by atoms with van der Waals surface area (Å²) >= 11 is 11.7. The summed E-state index contributed by atoms with van der Waals surface area (Å²) in [5.74, 6) is 0. The number of aromatic nitrogens is 2. The molecule has 1 heterocycles. The van der Waals surface area contributed by atoms with Gasteiger partial charge in [-0.2, -0.15) is 9.40 Å². The van der Waals surface area contributed by atoms with E-state index in [1.165, 1.54) is 29.6 Å². The largest absolute Gasteiger partial charge is 0.282 e. The summed E-state index contributed by atoms with van der Waals surface area (Å²) in [4.78, 5) is 0.109. The van der Waals surface area contributed by atoms with E-state index >= 15 is 0 Å². The zero-order valence-corrected chi connectivity index (χ0v) is 14.1. The predicted molar refractivity (Wildman–Crippen MR) is 83.2 cm³/mol. The minimum Gasteiger partial charge on any atom is -0.282 e. The van der Waals surface area contributed by atoms with Crippen LogP contribution in [0.3, 0.4) is 0 Å². The minimum absolute atomic E-state index is 0.109. The number of halogens is 2. The fraction of sp³-hybridized carbons (Fsp3) is 0.308. The molecule has 114 valence electrons. The summed E-state index contributed by atoms with van der Waals surface area (Å²) in [7, 11) is -2.12. The first-order chi connectivity index (χ1) is 9.73. The van der Waals surface area contributed by atoms with Crippen molar-refractivity contribution in [3.8, 4) is 0 Å². The van der Waals surface area contributed by atoms with Gasteiger partial charge in [0.15, 0.2) is 0 Å². The van der Waals surface area contributed by atoms with Gasteiger partial charge in [0, 0.05) is 24.8 Å². The molecule has 21 heavy (non-hydrogen) atoms. The van der Waals surface area contributed by atoms with Gasteiger partial charge in [-0.25, -0.2) is 8.42 Å². The van der Waals surface area contributed by atoms with Gasteiger partial charge in [0.1, 0.15) is 0 Å². The second-order valence-corrected chi connectivity index (χ2v) is 7.61. The fourth-order valence-electron chi connectivity index (χ4n) is 1.93. The van der Waals surface area contributed by atoms with Crippen LogP contribution in [0.5, 0.6) is 0 Å². The molecule has 0 fully saturated rings. The average Bonchev–Trinajstić information content (AvgIpc) is 2.73. The first kappa shape index (κ1) is 16.3. The van der Waals surface area contributed by atoms with E-state index in [9.17, 15) is 8.42 Å². The lowest BCUT2D eigenvalue weighted by Crippen LogP contribution is -2.27. The van der Waals surface area contributed by atoms with Crippen LogP contribution in [-0.4, -0.2) is 30.0 Å². The van der Waals surface area contributed by atoms with Crippen molar-refractivity contribution in [1.29, 1.82) is 0 Å². The SMILES string of the molecule is Cc1n[nH]c(C)c1CN(C)S(=O)(=O)c1ccc(Cl)c(Cl)c1. The second kappa shape index (κ2) is 5.96. The molecule has 2 aromatic rings. The lowest BCUT2D eigenvalue weighted by atomic mass is 10.2. The number of aromatic amines is 1. The summed E-state index contributed by atoms with van der Waals surface area (Å²) in [6.45, 7) is 3.92. The molecule has 0 saturated carbocycles. The first-order valence-electron chi connectivity index (χ1n) is 6.15. The lowest BCUT2D eigenvalue weighted by molar-refractivity contribution is 0.465. The van der Waals surface area contributed by atoms with Gasteiger partial charge in [-0.15, -0.1) is 0 Å². The van der Waals surface area contributed by atoms with Gasteiger partial charge in [-0.3, -0.25) is 5.10 Å². The molecule has 0 aliphatic heterocycles. The molecule has 0 amide bonds. The van der Waals surface area contributed by atoms with E-state index in [0.29, 0.717) is 5.02 Å². The molecule has 2 rings (SSSR count). The van der Waals surface area contributed by atoms with E-state index in [-0.39, 0.29) is 16.5 Å². The normalized spacial score (nSPS) is 12.1. The number of nitrogens with one attached hydrogen (secondary N) is 1. The molecule has 0 spiro atoms. The van der Waals surface area contributed by atoms with Crippen LogP contribution in [-0.2, 0) is 16.6 Å². The van der Waals surface area contributed by atoms with Crippen molar-refractivity contribution in [2.75, 3.05) is 7.05 Å². The van der Waals surface area contributed by atoms with Gasteiger partial charge in [-0.05, 0) is 32.0 Å². The molecule has 1 N–H and O–H groups in total. The third-order valence-corrected chi connectivity index (χ3v) is 5.80. The van der Waals surface area contributed by atoms with E-state index in [1.807, 2.05) is 13.8 Å². The number of nitrogens with zero attached hydrogens (tertiary/aromatic N) is 2. The van der Waals surface area contributed by atoms with Crippen LogP contribution in [0.2, 0.25) is 10.0 Å². The standard InChI is InChI=1S/C13H15Cl2N3O2S/c1-8-11(9(2)17-16-8)7-18(3)21(19,20)10-4-5-12(14)13(15)6-10/h4-6H,7H2,1-3H3,(H,16,17). The Morgan fingerprint density at radius 3 is 2.43 bits per heavy atom. The Labute approximate surface area is 133 Å². The number of sulfonamides is 1. The van der Waals surface area contributed by atoms with E-state index in [2.05, 4.69) is 10.2 Å². The van der Waals surface area contributed by atoms with Crippen molar-refractivity contribution in [3.63, 3.8) is 0 Å². The third-order valence-electron chi connectivity index (χ3n) is 3.26. The summed E-state index contributed by atoms with van der Waals surface area (Å²) in [5, 5.41) is 7.43. The highest BCUT2D eigenvalue weighted by Crippen LogP contribution is 2.27. The quantitative estimate of drug-likeness (QED) is 0.923.